The molecule has 9 heteroatoms. The summed E-state index contributed by atoms with van der Waals surface area (Å²) in [7, 11) is -1.19. The van der Waals surface area contributed by atoms with E-state index in [0.717, 1.165) is 33.8 Å². The molecule has 0 aliphatic rings. The van der Waals surface area contributed by atoms with Crippen LogP contribution in [-0.4, -0.2) is 39.1 Å². The van der Waals surface area contributed by atoms with Gasteiger partial charge in [0.25, 0.3) is 5.91 Å². The van der Waals surface area contributed by atoms with Crippen molar-refractivity contribution in [3.05, 3.63) is 114 Å². The Hall–Kier alpha value is -3.70. The monoisotopic (exact) mass is 562 g/mol. The van der Waals surface area contributed by atoms with Crippen LogP contribution >= 0.6 is 0 Å². The summed E-state index contributed by atoms with van der Waals surface area (Å²) < 4.78 is 17.6. The number of carbonyl (C=O) groups is 2. The van der Waals surface area contributed by atoms with Crippen LogP contribution in [0.15, 0.2) is 91.3 Å². The number of hydrogen-bond donors (Lipinski definition) is 1. The number of rotatable bonds is 12. The summed E-state index contributed by atoms with van der Waals surface area (Å²) in [5, 5.41) is 14.2. The molecule has 1 amide bonds. The van der Waals surface area contributed by atoms with Gasteiger partial charge in [0.05, 0.1) is 12.0 Å². The Morgan fingerprint density at radius 1 is 0.976 bits per heavy atom. The van der Waals surface area contributed by atoms with Crippen LogP contribution in [0.2, 0.25) is 0 Å². The quantitative estimate of drug-likeness (QED) is 0.261. The number of nitrogens with zero attached hydrogens (tertiary/aromatic N) is 1. The van der Waals surface area contributed by atoms with Gasteiger partial charge in [0.2, 0.25) is 0 Å². The maximum Gasteiger partial charge on any atom is 1.00 e. The number of carbonyl (C=O) groups excluding carboxylic acids is 2. The first-order valence-electron chi connectivity index (χ1n) is 13.0. The molecule has 0 aliphatic carbocycles. The number of amides is 1. The molecule has 0 bridgehead atoms. The van der Waals surface area contributed by atoms with Gasteiger partial charge in [-0.2, -0.15) is 0 Å². The van der Waals surface area contributed by atoms with Crippen molar-refractivity contribution in [2.24, 2.45) is 0 Å². The van der Waals surface area contributed by atoms with E-state index in [9.17, 15) is 18.9 Å². The average Bonchev–Trinajstić information content (AvgIpc) is 2.95. The number of nitrogens with one attached hydrogen (secondary N) is 1. The summed E-state index contributed by atoms with van der Waals surface area (Å²) in [5.74, 6) is -0.304. The molecule has 4 aromatic rings. The zero-order valence-electron chi connectivity index (χ0n) is 23.5. The Morgan fingerprint density at radius 2 is 1.71 bits per heavy atom. The van der Waals surface area contributed by atoms with Crippen LogP contribution in [0, 0.1) is 6.92 Å². The van der Waals surface area contributed by atoms with Crippen LogP contribution in [0.5, 0.6) is 11.5 Å². The Kier molecular flexibility index (Phi) is 11.9. The molecule has 1 aromatic heterocycles. The second-order valence-electron chi connectivity index (χ2n) is 9.50. The second-order valence-corrected chi connectivity index (χ2v) is 11.1. The van der Waals surface area contributed by atoms with E-state index in [1.54, 1.807) is 18.5 Å². The molecule has 1 heterocycles. The van der Waals surface area contributed by atoms with Gasteiger partial charge in [-0.3, -0.25) is 14.0 Å². The van der Waals surface area contributed by atoms with Crippen LogP contribution < -0.4 is 34.0 Å². The number of benzene rings is 3. The number of carboxylic acids is 1. The fraction of sp³-hybridized carbons (Fsp3) is 0.219. The Morgan fingerprint density at radius 3 is 2.41 bits per heavy atom. The molecule has 41 heavy (non-hydrogen) atoms. The smallest absolute Gasteiger partial charge is 0.548 e. The Labute approximate surface area is 255 Å². The van der Waals surface area contributed by atoms with Crippen molar-refractivity contribution >= 4 is 22.7 Å². The fourth-order valence-electron chi connectivity index (χ4n) is 4.41. The molecular weight excluding hydrogens is 531 g/mol. The Bertz CT molecular complexity index is 1510. The van der Waals surface area contributed by atoms with Gasteiger partial charge in [-0.25, -0.2) is 0 Å². The molecular formula is C32H31LiN2O5S. The number of para-hydroxylation sites is 1. The number of hydrogen-bond acceptors (Lipinski definition) is 6. The first-order valence-corrected chi connectivity index (χ1v) is 14.7. The van der Waals surface area contributed by atoms with E-state index in [0.29, 0.717) is 24.0 Å². The Balaban J connectivity index is 0.00000462. The van der Waals surface area contributed by atoms with Gasteiger partial charge >= 0.3 is 18.9 Å². The van der Waals surface area contributed by atoms with Crippen molar-refractivity contribution in [3.63, 3.8) is 0 Å². The van der Waals surface area contributed by atoms with Crippen molar-refractivity contribution in [2.75, 3.05) is 12.0 Å². The van der Waals surface area contributed by atoms with Crippen molar-refractivity contribution in [1.82, 2.24) is 10.3 Å². The zero-order valence-corrected chi connectivity index (χ0v) is 24.3. The van der Waals surface area contributed by atoms with Crippen LogP contribution in [0.25, 0.3) is 11.1 Å². The molecule has 0 saturated heterocycles. The first kappa shape index (κ1) is 31.8. The van der Waals surface area contributed by atoms with Crippen LogP contribution in [0.3, 0.4) is 0 Å². The average molecular weight is 563 g/mol. The molecule has 0 fully saturated rings. The van der Waals surface area contributed by atoms with Gasteiger partial charge in [0, 0.05) is 46.3 Å². The minimum Gasteiger partial charge on any atom is -0.548 e. The number of aliphatic carboxylic acids is 1. The van der Waals surface area contributed by atoms with Gasteiger partial charge in [-0.1, -0.05) is 54.6 Å². The van der Waals surface area contributed by atoms with E-state index in [-0.39, 0.29) is 31.0 Å². The third-order valence-corrected chi connectivity index (χ3v) is 7.37. The minimum atomic E-state index is -1.40. The van der Waals surface area contributed by atoms with E-state index in [4.69, 9.17) is 4.74 Å². The van der Waals surface area contributed by atoms with Crippen molar-refractivity contribution in [2.45, 2.75) is 32.2 Å². The maximum absolute atomic E-state index is 13.3. The summed E-state index contributed by atoms with van der Waals surface area (Å²) in [4.78, 5) is 29.3. The molecule has 0 spiro atoms. The van der Waals surface area contributed by atoms with Crippen LogP contribution in [0.4, 0.5) is 0 Å². The largest absolute Gasteiger partial charge is 1.00 e. The third kappa shape index (κ3) is 8.89. The van der Waals surface area contributed by atoms with Crippen molar-refractivity contribution in [3.8, 4) is 22.6 Å². The number of aryl methyl sites for hydroxylation is 3. The van der Waals surface area contributed by atoms with Crippen LogP contribution in [-0.2, 0) is 28.4 Å². The first-order chi connectivity index (χ1) is 19.3. The number of aromatic nitrogens is 1. The zero-order chi connectivity index (χ0) is 28.5. The SMILES string of the molecule is Cc1ccccc1-c1cc(CCc2cnccc2Oc2ccccc2)ccc1C(=O)NC(CCS(C)=O)C(=O)[O-].[Li+]. The van der Waals surface area contributed by atoms with Gasteiger partial charge in [-0.05, 0) is 72.7 Å². The maximum atomic E-state index is 13.3. The van der Waals surface area contributed by atoms with Gasteiger partial charge < -0.3 is 20.0 Å². The predicted molar refractivity (Wildman–Crippen MR) is 155 cm³/mol. The second kappa shape index (κ2) is 15.3. The van der Waals surface area contributed by atoms with Gasteiger partial charge in [-0.15, -0.1) is 0 Å². The van der Waals surface area contributed by atoms with E-state index in [1.807, 2.05) is 79.7 Å². The molecule has 3 aromatic carbocycles. The predicted octanol–water partition coefficient (Wildman–Crippen LogP) is 1.26. The van der Waals surface area contributed by atoms with Gasteiger partial charge in [0.1, 0.15) is 11.5 Å². The third-order valence-electron chi connectivity index (χ3n) is 6.56. The molecule has 2 unspecified atom stereocenters. The molecule has 1 N–H and O–H groups in total. The van der Waals surface area contributed by atoms with E-state index < -0.39 is 28.7 Å². The summed E-state index contributed by atoms with van der Waals surface area (Å²) in [6, 6.07) is 23.5. The minimum absolute atomic E-state index is 0. The summed E-state index contributed by atoms with van der Waals surface area (Å²) in [6.45, 7) is 1.97. The number of ether oxygens (including phenoxy) is 1. The summed E-state index contributed by atoms with van der Waals surface area (Å²) in [6.07, 6.45) is 6.34. The van der Waals surface area contributed by atoms with Gasteiger partial charge in [0.15, 0.2) is 0 Å². The fourth-order valence-corrected chi connectivity index (χ4v) is 4.98. The summed E-state index contributed by atoms with van der Waals surface area (Å²) >= 11 is 0. The molecule has 0 saturated carbocycles. The summed E-state index contributed by atoms with van der Waals surface area (Å²) in [5.41, 5.74) is 4.88. The standard InChI is InChI=1S/C32H32N2O5S.Li/c1-22-8-6-7-11-26(22)28-20-23(13-15-27(28)31(35)34-29(32(36)37)17-19-40(2)38)12-14-24-21-33-18-16-30(24)39-25-9-4-3-5-10-25;/h3-11,13,15-16,18,20-21,29H,12,14,17,19H2,1-2H3,(H,34,35)(H,36,37);/q;+1/p-1. The normalized spacial score (nSPS) is 12.0. The molecule has 7 nitrogen and oxygen atoms in total. The van der Waals surface area contributed by atoms with Crippen LogP contribution in [0.1, 0.15) is 33.5 Å². The van der Waals surface area contributed by atoms with Crippen molar-refractivity contribution < 1.29 is 42.5 Å². The van der Waals surface area contributed by atoms with E-state index in [1.165, 1.54) is 6.26 Å². The number of pyridine rings is 1. The molecule has 4 rings (SSSR count). The molecule has 2 atom stereocenters. The van der Waals surface area contributed by atoms with Crippen molar-refractivity contribution in [1.29, 1.82) is 0 Å². The number of carboxylic acid groups (broad SMARTS) is 1. The van der Waals surface area contributed by atoms with E-state index in [2.05, 4.69) is 10.3 Å². The molecule has 0 radical (unpaired) electrons. The molecule has 0 aliphatic heterocycles. The topological polar surface area (TPSA) is 108 Å². The van der Waals surface area contributed by atoms with E-state index >= 15 is 0 Å². The molecule has 206 valence electrons.